The number of para-hydroxylation sites is 2. The average Bonchev–Trinajstić information content (AvgIpc) is 3.05. The Morgan fingerprint density at radius 3 is 2.34 bits per heavy atom. The lowest BCUT2D eigenvalue weighted by Crippen LogP contribution is -2.37. The van der Waals surface area contributed by atoms with Crippen LogP contribution in [-0.4, -0.2) is 81.6 Å². The Hall–Kier alpha value is -4.43. The van der Waals surface area contributed by atoms with Gasteiger partial charge in [-0.05, 0) is 60.2 Å². The second kappa shape index (κ2) is 14.8. The number of anilines is 1. The van der Waals surface area contributed by atoms with Crippen molar-refractivity contribution in [3.05, 3.63) is 95.8 Å². The van der Waals surface area contributed by atoms with Crippen molar-refractivity contribution in [1.29, 1.82) is 0 Å². The van der Waals surface area contributed by atoms with E-state index in [4.69, 9.17) is 18.9 Å². The van der Waals surface area contributed by atoms with Crippen LogP contribution in [0.3, 0.4) is 0 Å². The minimum absolute atomic E-state index is 0.0298. The summed E-state index contributed by atoms with van der Waals surface area (Å²) in [7, 11) is -1.19. The third kappa shape index (κ3) is 7.94. The predicted octanol–water partition coefficient (Wildman–Crippen LogP) is 3.24. The molecular weight excluding hydrogens is 592 g/mol. The largest absolute Gasteiger partial charge is 0.506 e. The van der Waals surface area contributed by atoms with Crippen molar-refractivity contribution in [3.8, 4) is 11.5 Å². The fraction of sp³-hybridized carbons (Fsp3) is 0.290. The molecule has 2 atom stereocenters. The minimum Gasteiger partial charge on any atom is -0.506 e. The van der Waals surface area contributed by atoms with E-state index in [0.29, 0.717) is 11.3 Å². The maximum atomic E-state index is 13.3. The summed E-state index contributed by atoms with van der Waals surface area (Å²) in [5, 5.41) is 22.3. The molecule has 0 fully saturated rings. The summed E-state index contributed by atoms with van der Waals surface area (Å²) in [6.07, 6.45) is 0.945. The number of aliphatic hydroxyl groups is 1. The lowest BCUT2D eigenvalue weighted by Gasteiger charge is -2.30. The van der Waals surface area contributed by atoms with Gasteiger partial charge in [0.15, 0.2) is 5.76 Å². The van der Waals surface area contributed by atoms with Crippen LogP contribution in [0.15, 0.2) is 89.5 Å². The minimum atomic E-state index is -3.96. The summed E-state index contributed by atoms with van der Waals surface area (Å²) < 4.78 is 49.3. The van der Waals surface area contributed by atoms with Crippen molar-refractivity contribution >= 4 is 27.6 Å². The number of esters is 1. The fourth-order valence-corrected chi connectivity index (χ4v) is 5.96. The summed E-state index contributed by atoms with van der Waals surface area (Å²) in [5.41, 5.74) is 1.32. The highest BCUT2D eigenvalue weighted by atomic mass is 32.2. The molecule has 0 bridgehead atoms. The number of rotatable bonds is 13. The molecule has 0 saturated carbocycles. The Labute approximate surface area is 255 Å². The Kier molecular flexibility index (Phi) is 11.0. The van der Waals surface area contributed by atoms with Gasteiger partial charge in [0.25, 0.3) is 5.91 Å². The second-order valence-corrected chi connectivity index (χ2v) is 11.6. The highest BCUT2D eigenvalue weighted by molar-refractivity contribution is 7.89. The zero-order chi connectivity index (χ0) is 31.7. The van der Waals surface area contributed by atoms with Crippen molar-refractivity contribution in [2.24, 2.45) is 0 Å². The van der Waals surface area contributed by atoms with Gasteiger partial charge in [-0.15, -0.1) is 0 Å². The molecule has 0 aliphatic carbocycles. The molecule has 0 spiro atoms. The van der Waals surface area contributed by atoms with E-state index < -0.39 is 34.8 Å². The van der Waals surface area contributed by atoms with Gasteiger partial charge >= 0.3 is 5.97 Å². The number of phenols is 1. The first-order chi connectivity index (χ1) is 21.2. The van der Waals surface area contributed by atoms with E-state index in [1.807, 2.05) is 0 Å². The van der Waals surface area contributed by atoms with Crippen LogP contribution in [0.1, 0.15) is 28.3 Å². The number of benzene rings is 3. The molecule has 0 unspecified atom stereocenters. The van der Waals surface area contributed by atoms with E-state index in [1.165, 1.54) is 50.6 Å². The lowest BCUT2D eigenvalue weighted by molar-refractivity contribution is -0.143. The Bertz CT molecular complexity index is 1570. The Balaban J connectivity index is 1.51. The first kappa shape index (κ1) is 32.5. The van der Waals surface area contributed by atoms with E-state index in [2.05, 4.69) is 5.32 Å². The quantitative estimate of drug-likeness (QED) is 0.190. The molecule has 0 radical (unpaired) electrons. The van der Waals surface area contributed by atoms with Crippen LogP contribution in [0, 0.1) is 0 Å². The Morgan fingerprint density at radius 1 is 1.00 bits per heavy atom. The summed E-state index contributed by atoms with van der Waals surface area (Å²) in [4.78, 5) is 25.1. The molecule has 1 amide bonds. The zero-order valence-electron chi connectivity index (χ0n) is 24.2. The summed E-state index contributed by atoms with van der Waals surface area (Å²) >= 11 is 0. The van der Waals surface area contributed by atoms with Crippen molar-refractivity contribution in [1.82, 2.24) is 4.31 Å². The molecule has 0 saturated heterocycles. The number of amides is 1. The standard InChI is InChI=1S/C31H34N2O10S/c1-40-24-11-13-25(14-12-24)44(38,39)33(15-17-34)16-18-42-29-20-23(21-7-9-22(10-8-21)31(37)41-2)19-28(43-29)30(36)32-26-5-3-4-6-27(26)35/h3-14,19,23,29,34-35H,15-18,20H2,1-2H3,(H,32,36)/t23-,29+/m0/s1. The number of allylic oxidation sites excluding steroid dienone is 1. The van der Waals surface area contributed by atoms with Crippen molar-refractivity contribution in [3.63, 3.8) is 0 Å². The number of ether oxygens (including phenoxy) is 4. The summed E-state index contributed by atoms with van der Waals surface area (Å²) in [6.45, 7) is -0.774. The molecular formula is C31H34N2O10S. The molecule has 13 heteroatoms. The van der Waals surface area contributed by atoms with Crippen LogP contribution in [0.4, 0.5) is 5.69 Å². The summed E-state index contributed by atoms with van der Waals surface area (Å²) in [5.74, 6) is -1.17. The first-order valence-corrected chi connectivity index (χ1v) is 15.1. The van der Waals surface area contributed by atoms with Crippen LogP contribution in [0.2, 0.25) is 0 Å². The summed E-state index contributed by atoms with van der Waals surface area (Å²) in [6, 6.07) is 18.8. The molecule has 44 heavy (non-hydrogen) atoms. The van der Waals surface area contributed by atoms with Gasteiger partial charge in [0.05, 0.1) is 43.6 Å². The van der Waals surface area contributed by atoms with E-state index in [1.54, 1.807) is 42.5 Å². The average molecular weight is 627 g/mol. The molecule has 1 aliphatic heterocycles. The highest BCUT2D eigenvalue weighted by Crippen LogP contribution is 2.33. The van der Waals surface area contributed by atoms with Crippen molar-refractivity contribution < 1.29 is 47.2 Å². The maximum Gasteiger partial charge on any atom is 0.337 e. The van der Waals surface area contributed by atoms with Gasteiger partial charge in [-0.3, -0.25) is 4.79 Å². The predicted molar refractivity (Wildman–Crippen MR) is 160 cm³/mol. The number of nitrogens with one attached hydrogen (secondary N) is 1. The van der Waals surface area contributed by atoms with E-state index in [9.17, 15) is 28.2 Å². The number of methoxy groups -OCH3 is 2. The molecule has 3 aromatic carbocycles. The van der Waals surface area contributed by atoms with E-state index in [0.717, 1.165) is 9.87 Å². The van der Waals surface area contributed by atoms with Gasteiger partial charge in [-0.1, -0.05) is 24.3 Å². The number of hydrogen-bond donors (Lipinski definition) is 3. The molecule has 4 rings (SSSR count). The smallest absolute Gasteiger partial charge is 0.337 e. The molecule has 3 aromatic rings. The van der Waals surface area contributed by atoms with Gasteiger partial charge < -0.3 is 34.5 Å². The number of sulfonamides is 1. The maximum absolute atomic E-state index is 13.3. The van der Waals surface area contributed by atoms with Crippen LogP contribution in [0.5, 0.6) is 11.5 Å². The number of aromatic hydroxyl groups is 1. The van der Waals surface area contributed by atoms with Gasteiger partial charge in [-0.2, -0.15) is 4.31 Å². The van der Waals surface area contributed by atoms with Crippen molar-refractivity contribution in [2.45, 2.75) is 23.5 Å². The number of aliphatic hydroxyl groups excluding tert-OH is 1. The normalized spacial score (nSPS) is 16.5. The van der Waals surface area contributed by atoms with Gasteiger partial charge in [0.1, 0.15) is 11.5 Å². The SMILES string of the molecule is COC(=O)c1ccc([C@H]2C=C(C(=O)Nc3ccccc3O)O[C@@H](OCCN(CCO)S(=O)(=O)c3ccc(OC)cc3)C2)cc1. The van der Waals surface area contributed by atoms with Crippen LogP contribution in [-0.2, 0) is 29.0 Å². The molecule has 12 nitrogen and oxygen atoms in total. The second-order valence-electron chi connectivity index (χ2n) is 9.68. The van der Waals surface area contributed by atoms with E-state index >= 15 is 0 Å². The number of carbonyl (C=O) groups excluding carboxylic acids is 2. The molecule has 3 N–H and O–H groups in total. The number of phenolic OH excluding ortho intramolecular Hbond substituents is 1. The number of hydrogen-bond acceptors (Lipinski definition) is 10. The van der Waals surface area contributed by atoms with Gasteiger partial charge in [0, 0.05) is 25.4 Å². The van der Waals surface area contributed by atoms with Crippen LogP contribution >= 0.6 is 0 Å². The molecule has 0 aromatic heterocycles. The third-order valence-corrected chi connectivity index (χ3v) is 8.80. The zero-order valence-corrected chi connectivity index (χ0v) is 25.0. The molecule has 1 heterocycles. The monoisotopic (exact) mass is 626 g/mol. The lowest BCUT2D eigenvalue weighted by atomic mass is 9.92. The van der Waals surface area contributed by atoms with Gasteiger partial charge in [-0.25, -0.2) is 13.2 Å². The van der Waals surface area contributed by atoms with Gasteiger partial charge in [0.2, 0.25) is 16.3 Å². The highest BCUT2D eigenvalue weighted by Gasteiger charge is 2.30. The molecule has 1 aliphatic rings. The fourth-order valence-electron chi connectivity index (χ4n) is 4.54. The third-order valence-electron chi connectivity index (χ3n) is 6.88. The topological polar surface area (TPSA) is 161 Å². The first-order valence-electron chi connectivity index (χ1n) is 13.7. The van der Waals surface area contributed by atoms with Crippen LogP contribution in [0.25, 0.3) is 0 Å². The van der Waals surface area contributed by atoms with Crippen LogP contribution < -0.4 is 10.1 Å². The van der Waals surface area contributed by atoms with Crippen molar-refractivity contribution in [2.75, 3.05) is 45.8 Å². The van der Waals surface area contributed by atoms with E-state index in [-0.39, 0.29) is 54.1 Å². The Morgan fingerprint density at radius 2 is 1.70 bits per heavy atom. The molecule has 234 valence electrons. The number of nitrogens with zero attached hydrogens (tertiary/aromatic N) is 1. The number of carbonyl (C=O) groups is 2.